The lowest BCUT2D eigenvalue weighted by atomic mass is 10.3. The summed E-state index contributed by atoms with van der Waals surface area (Å²) in [5.41, 5.74) is 5.20. The predicted octanol–water partition coefficient (Wildman–Crippen LogP) is 0.574. The fourth-order valence-corrected chi connectivity index (χ4v) is 0.998. The van der Waals surface area contributed by atoms with Crippen LogP contribution in [0.5, 0.6) is 0 Å². The van der Waals surface area contributed by atoms with Crippen LogP contribution in [0.1, 0.15) is 22.6 Å². The van der Waals surface area contributed by atoms with Crippen molar-refractivity contribution < 1.29 is 18.0 Å². The van der Waals surface area contributed by atoms with Crippen molar-refractivity contribution in [2.24, 2.45) is 5.73 Å². The van der Waals surface area contributed by atoms with Crippen LogP contribution in [-0.2, 0) is 6.18 Å². The topological polar surface area (TPSA) is 80.9 Å². The second-order valence-electron chi connectivity index (χ2n) is 3.19. The van der Waals surface area contributed by atoms with Crippen molar-refractivity contribution in [3.05, 3.63) is 23.8 Å². The molecule has 0 aliphatic rings. The van der Waals surface area contributed by atoms with E-state index < -0.39 is 17.9 Å². The molecule has 0 radical (unpaired) electrons. The molecule has 1 heterocycles. The first kappa shape index (κ1) is 13.4. The molecule has 0 aromatic carbocycles. The van der Waals surface area contributed by atoms with Crippen molar-refractivity contribution in [2.45, 2.75) is 12.6 Å². The molecule has 94 valence electrons. The molecule has 0 unspecified atom stereocenters. The molecular formula is C9H11F3N4O. The third-order valence-corrected chi connectivity index (χ3v) is 1.83. The molecule has 5 nitrogen and oxygen atoms in total. The van der Waals surface area contributed by atoms with Gasteiger partial charge in [-0.15, -0.1) is 0 Å². The monoisotopic (exact) mass is 248 g/mol. The molecule has 3 N–H and O–H groups in total. The van der Waals surface area contributed by atoms with Crippen molar-refractivity contribution >= 4 is 5.91 Å². The highest BCUT2D eigenvalue weighted by molar-refractivity contribution is 5.93. The Hall–Kier alpha value is -1.70. The first-order valence-corrected chi connectivity index (χ1v) is 4.82. The van der Waals surface area contributed by atoms with E-state index in [9.17, 15) is 18.0 Å². The van der Waals surface area contributed by atoms with E-state index >= 15 is 0 Å². The molecule has 0 bridgehead atoms. The van der Waals surface area contributed by atoms with E-state index in [0.717, 1.165) is 12.4 Å². The minimum Gasteiger partial charge on any atom is -0.352 e. The van der Waals surface area contributed by atoms with E-state index in [2.05, 4.69) is 15.3 Å². The number of alkyl halides is 3. The summed E-state index contributed by atoms with van der Waals surface area (Å²) >= 11 is 0. The van der Waals surface area contributed by atoms with Gasteiger partial charge in [0.25, 0.3) is 5.91 Å². The zero-order chi connectivity index (χ0) is 12.9. The van der Waals surface area contributed by atoms with Crippen LogP contribution in [0.4, 0.5) is 13.2 Å². The number of hydrogen-bond donors (Lipinski definition) is 2. The highest BCUT2D eigenvalue weighted by Crippen LogP contribution is 2.25. The van der Waals surface area contributed by atoms with E-state index in [0.29, 0.717) is 19.5 Å². The molecule has 17 heavy (non-hydrogen) atoms. The summed E-state index contributed by atoms with van der Waals surface area (Å²) in [6.45, 7) is 0.778. The average Bonchev–Trinajstić information content (AvgIpc) is 2.28. The molecule has 0 aliphatic carbocycles. The van der Waals surface area contributed by atoms with E-state index in [4.69, 9.17) is 5.73 Å². The van der Waals surface area contributed by atoms with Crippen LogP contribution in [0.15, 0.2) is 12.4 Å². The van der Waals surface area contributed by atoms with Crippen molar-refractivity contribution in [3.63, 3.8) is 0 Å². The molecule has 1 aromatic rings. The number of amides is 1. The average molecular weight is 248 g/mol. The first-order chi connectivity index (χ1) is 7.95. The molecular weight excluding hydrogens is 237 g/mol. The maximum atomic E-state index is 12.1. The van der Waals surface area contributed by atoms with Crippen LogP contribution in [0.25, 0.3) is 0 Å². The zero-order valence-electron chi connectivity index (χ0n) is 8.79. The molecule has 0 spiro atoms. The number of nitrogens with zero attached hydrogens (tertiary/aromatic N) is 2. The fraction of sp³-hybridized carbons (Fsp3) is 0.444. The Labute approximate surface area is 95.2 Å². The van der Waals surface area contributed by atoms with Crippen LogP contribution in [0, 0.1) is 0 Å². The van der Waals surface area contributed by atoms with Crippen molar-refractivity contribution in [2.75, 3.05) is 13.1 Å². The minimum absolute atomic E-state index is 0.0185. The van der Waals surface area contributed by atoms with Crippen molar-refractivity contribution in [3.8, 4) is 0 Å². The molecule has 0 saturated heterocycles. The molecule has 1 amide bonds. The largest absolute Gasteiger partial charge is 0.451 e. The summed E-state index contributed by atoms with van der Waals surface area (Å²) in [5.74, 6) is -1.79. The van der Waals surface area contributed by atoms with E-state index in [1.807, 2.05) is 0 Å². The lowest BCUT2D eigenvalue weighted by Crippen LogP contribution is -2.26. The Balaban J connectivity index is 2.64. The third kappa shape index (κ3) is 3.99. The summed E-state index contributed by atoms with van der Waals surface area (Å²) in [5, 5.41) is 2.48. The summed E-state index contributed by atoms with van der Waals surface area (Å²) in [6, 6.07) is 0. The smallest absolute Gasteiger partial charge is 0.352 e. The van der Waals surface area contributed by atoms with Gasteiger partial charge in [0.15, 0.2) is 0 Å². The number of hydrogen-bond acceptors (Lipinski definition) is 4. The number of nitrogens with two attached hydrogens (primary N) is 1. The van der Waals surface area contributed by atoms with Gasteiger partial charge in [0, 0.05) is 18.9 Å². The van der Waals surface area contributed by atoms with Crippen LogP contribution < -0.4 is 11.1 Å². The molecule has 8 heteroatoms. The maximum absolute atomic E-state index is 12.1. The van der Waals surface area contributed by atoms with Gasteiger partial charge in [-0.1, -0.05) is 0 Å². The lowest BCUT2D eigenvalue weighted by molar-refractivity contribution is -0.145. The van der Waals surface area contributed by atoms with E-state index in [1.165, 1.54) is 0 Å². The second-order valence-corrected chi connectivity index (χ2v) is 3.19. The zero-order valence-corrected chi connectivity index (χ0v) is 8.79. The fourth-order valence-electron chi connectivity index (χ4n) is 0.998. The van der Waals surface area contributed by atoms with Crippen LogP contribution >= 0.6 is 0 Å². The summed E-state index contributed by atoms with van der Waals surface area (Å²) in [4.78, 5) is 17.5. The Kier molecular flexibility index (Phi) is 4.38. The predicted molar refractivity (Wildman–Crippen MR) is 53.0 cm³/mol. The highest BCUT2D eigenvalue weighted by atomic mass is 19.4. The van der Waals surface area contributed by atoms with Gasteiger partial charge >= 0.3 is 6.18 Å². The normalized spacial score (nSPS) is 11.3. The van der Waals surface area contributed by atoms with Gasteiger partial charge in [-0.25, -0.2) is 9.97 Å². The second kappa shape index (κ2) is 5.58. The number of aromatic nitrogens is 2. The maximum Gasteiger partial charge on any atom is 0.451 e. The summed E-state index contributed by atoms with van der Waals surface area (Å²) in [7, 11) is 0. The number of carbonyl (C=O) groups is 1. The molecule has 0 fully saturated rings. The number of halogens is 3. The Bertz CT molecular complexity index is 377. The first-order valence-electron chi connectivity index (χ1n) is 4.82. The Morgan fingerprint density at radius 2 is 1.94 bits per heavy atom. The van der Waals surface area contributed by atoms with Crippen molar-refractivity contribution in [1.82, 2.24) is 15.3 Å². The molecule has 0 saturated carbocycles. The van der Waals surface area contributed by atoms with Gasteiger partial charge in [0.05, 0.1) is 5.56 Å². The molecule has 1 rings (SSSR count). The Morgan fingerprint density at radius 3 is 2.41 bits per heavy atom. The standard InChI is InChI=1S/C9H11F3N4O/c10-9(11,12)8-15-4-6(5-16-8)7(17)14-3-1-2-13/h4-5H,1-3,13H2,(H,14,17). The number of nitrogens with one attached hydrogen (secondary N) is 1. The van der Waals surface area contributed by atoms with Crippen LogP contribution in [0.3, 0.4) is 0 Å². The van der Waals surface area contributed by atoms with Gasteiger partial charge in [0.2, 0.25) is 5.82 Å². The van der Waals surface area contributed by atoms with Gasteiger partial charge in [0.1, 0.15) is 0 Å². The van der Waals surface area contributed by atoms with Gasteiger partial charge < -0.3 is 11.1 Å². The van der Waals surface area contributed by atoms with E-state index in [-0.39, 0.29) is 5.56 Å². The Morgan fingerprint density at radius 1 is 1.35 bits per heavy atom. The van der Waals surface area contributed by atoms with Gasteiger partial charge in [-0.3, -0.25) is 4.79 Å². The van der Waals surface area contributed by atoms with Crippen LogP contribution in [-0.4, -0.2) is 29.0 Å². The van der Waals surface area contributed by atoms with E-state index in [1.54, 1.807) is 0 Å². The van der Waals surface area contributed by atoms with Crippen LogP contribution in [0.2, 0.25) is 0 Å². The molecule has 0 aliphatic heterocycles. The summed E-state index contributed by atoms with van der Waals surface area (Å²) in [6.07, 6.45) is -2.33. The number of carbonyl (C=O) groups excluding carboxylic acids is 1. The summed E-state index contributed by atoms with van der Waals surface area (Å²) < 4.78 is 36.4. The van der Waals surface area contributed by atoms with Gasteiger partial charge in [-0.05, 0) is 13.0 Å². The highest BCUT2D eigenvalue weighted by Gasteiger charge is 2.34. The molecule has 1 aromatic heterocycles. The third-order valence-electron chi connectivity index (χ3n) is 1.83. The minimum atomic E-state index is -4.60. The SMILES string of the molecule is NCCCNC(=O)c1cnc(C(F)(F)F)nc1. The van der Waals surface area contributed by atoms with Gasteiger partial charge in [-0.2, -0.15) is 13.2 Å². The molecule has 0 atom stereocenters. The van der Waals surface area contributed by atoms with Crippen molar-refractivity contribution in [1.29, 1.82) is 0 Å². The quantitative estimate of drug-likeness (QED) is 0.763. The number of rotatable bonds is 4. The lowest BCUT2D eigenvalue weighted by Gasteiger charge is -2.06.